The van der Waals surface area contributed by atoms with Crippen LogP contribution in [0.4, 0.5) is 0 Å². The van der Waals surface area contributed by atoms with Gasteiger partial charge in [-0.25, -0.2) is 8.42 Å². The van der Waals surface area contributed by atoms with Crippen LogP contribution in [-0.2, 0) is 9.84 Å². The zero-order valence-electron chi connectivity index (χ0n) is 10.9. The van der Waals surface area contributed by atoms with Crippen molar-refractivity contribution in [3.63, 3.8) is 0 Å². The Morgan fingerprint density at radius 1 is 1.18 bits per heavy atom. The van der Waals surface area contributed by atoms with Crippen molar-refractivity contribution in [2.45, 2.75) is 4.90 Å². The highest BCUT2D eigenvalue weighted by molar-refractivity contribution is 9.11. The van der Waals surface area contributed by atoms with E-state index in [-0.39, 0.29) is 9.80 Å². The molecule has 112 valence electrons. The van der Waals surface area contributed by atoms with E-state index in [0.717, 1.165) is 0 Å². The first-order valence-corrected chi connectivity index (χ1v) is 9.37. The number of sulfone groups is 1. The van der Waals surface area contributed by atoms with Crippen LogP contribution in [0.1, 0.15) is 5.56 Å². The van der Waals surface area contributed by atoms with E-state index in [0.29, 0.717) is 19.5 Å². The molecule has 0 bridgehead atoms. The highest BCUT2D eigenvalue weighted by atomic mass is 79.9. The minimum Gasteiger partial charge on any atom is -0.218 e. The SMILES string of the molecule is N#CC(=Cc1ccccc1Cl)S(=O)(=O)c1cc(Br)ccc1Br. The Balaban J connectivity index is 2.63. The van der Waals surface area contributed by atoms with Crippen molar-refractivity contribution < 1.29 is 8.42 Å². The van der Waals surface area contributed by atoms with Gasteiger partial charge in [-0.3, -0.25) is 0 Å². The van der Waals surface area contributed by atoms with Gasteiger partial charge < -0.3 is 0 Å². The minimum atomic E-state index is -3.95. The van der Waals surface area contributed by atoms with E-state index in [1.807, 2.05) is 0 Å². The van der Waals surface area contributed by atoms with Crippen LogP contribution in [0, 0.1) is 11.3 Å². The molecule has 0 radical (unpaired) electrons. The molecule has 0 N–H and O–H groups in total. The van der Waals surface area contributed by atoms with Gasteiger partial charge in [-0.2, -0.15) is 5.26 Å². The largest absolute Gasteiger partial charge is 0.218 e. The van der Waals surface area contributed by atoms with Crippen LogP contribution in [0.15, 0.2) is 61.2 Å². The summed E-state index contributed by atoms with van der Waals surface area (Å²) in [7, 11) is -3.95. The van der Waals surface area contributed by atoms with Crippen LogP contribution in [0.5, 0.6) is 0 Å². The highest BCUT2D eigenvalue weighted by Crippen LogP contribution is 2.31. The van der Waals surface area contributed by atoms with Crippen molar-refractivity contribution in [3.05, 3.63) is 66.9 Å². The lowest BCUT2D eigenvalue weighted by molar-refractivity contribution is 0.603. The number of benzene rings is 2. The molecule has 0 heterocycles. The molecule has 0 unspecified atom stereocenters. The molecule has 2 aromatic carbocycles. The van der Waals surface area contributed by atoms with E-state index in [4.69, 9.17) is 11.6 Å². The molecule has 22 heavy (non-hydrogen) atoms. The Hall–Kier alpha value is -1.13. The second-order valence-corrected chi connectivity index (χ2v) is 8.28. The van der Waals surface area contributed by atoms with Gasteiger partial charge in [0, 0.05) is 14.0 Å². The minimum absolute atomic E-state index is 0.0155. The summed E-state index contributed by atoms with van der Waals surface area (Å²) in [6, 6.07) is 13.2. The molecule has 0 aliphatic heterocycles. The Bertz CT molecular complexity index is 902. The first kappa shape index (κ1) is 17.2. The van der Waals surface area contributed by atoms with Crippen molar-refractivity contribution >= 4 is 59.4 Å². The van der Waals surface area contributed by atoms with E-state index >= 15 is 0 Å². The summed E-state index contributed by atoms with van der Waals surface area (Å²) in [5.74, 6) is 0. The number of allylic oxidation sites excluding steroid dienone is 1. The average Bonchev–Trinajstić information content (AvgIpc) is 2.48. The predicted molar refractivity (Wildman–Crippen MR) is 94.1 cm³/mol. The second-order valence-electron chi connectivity index (χ2n) is 4.22. The Morgan fingerprint density at radius 2 is 1.86 bits per heavy atom. The molecular formula is C15H8Br2ClNO2S. The fourth-order valence-corrected chi connectivity index (χ4v) is 4.54. The summed E-state index contributed by atoms with van der Waals surface area (Å²) in [5, 5.41) is 9.64. The second kappa shape index (κ2) is 6.97. The first-order valence-electron chi connectivity index (χ1n) is 5.92. The summed E-state index contributed by atoms with van der Waals surface area (Å²) >= 11 is 12.4. The van der Waals surface area contributed by atoms with E-state index in [9.17, 15) is 13.7 Å². The van der Waals surface area contributed by atoms with Gasteiger partial charge in [-0.05, 0) is 51.8 Å². The van der Waals surface area contributed by atoms with Gasteiger partial charge >= 0.3 is 0 Å². The normalized spacial score (nSPS) is 12.0. The smallest absolute Gasteiger partial charge is 0.217 e. The van der Waals surface area contributed by atoms with Gasteiger partial charge in [-0.15, -0.1) is 0 Å². The fraction of sp³-hybridized carbons (Fsp3) is 0. The number of halogens is 3. The quantitative estimate of drug-likeness (QED) is 0.590. The molecule has 0 saturated carbocycles. The van der Waals surface area contributed by atoms with E-state index in [2.05, 4.69) is 31.9 Å². The topological polar surface area (TPSA) is 57.9 Å². The first-order chi connectivity index (χ1) is 10.4. The highest BCUT2D eigenvalue weighted by Gasteiger charge is 2.24. The molecule has 0 aliphatic rings. The maximum atomic E-state index is 12.7. The Morgan fingerprint density at radius 3 is 2.50 bits per heavy atom. The molecule has 0 fully saturated rings. The average molecular weight is 462 g/mol. The van der Waals surface area contributed by atoms with E-state index in [1.165, 1.54) is 12.1 Å². The van der Waals surface area contributed by atoms with Crippen molar-refractivity contribution in [3.8, 4) is 6.07 Å². The van der Waals surface area contributed by atoms with Gasteiger partial charge in [-0.1, -0.05) is 45.7 Å². The summed E-state index contributed by atoms with van der Waals surface area (Å²) in [5.41, 5.74) is 0.468. The van der Waals surface area contributed by atoms with Gasteiger partial charge in [0.25, 0.3) is 0 Å². The molecule has 3 nitrogen and oxygen atoms in total. The lowest BCUT2D eigenvalue weighted by Gasteiger charge is -2.07. The fourth-order valence-electron chi connectivity index (χ4n) is 1.70. The third-order valence-corrected chi connectivity index (χ3v) is 6.27. The van der Waals surface area contributed by atoms with Crippen LogP contribution in [0.2, 0.25) is 5.02 Å². The molecule has 0 spiro atoms. The van der Waals surface area contributed by atoms with Crippen LogP contribution in [-0.4, -0.2) is 8.42 Å². The van der Waals surface area contributed by atoms with Gasteiger partial charge in [0.05, 0.1) is 4.90 Å². The number of nitriles is 1. The molecule has 0 amide bonds. The summed E-state index contributed by atoms with van der Waals surface area (Å²) in [4.78, 5) is -0.360. The van der Waals surface area contributed by atoms with Gasteiger partial charge in [0.15, 0.2) is 0 Å². The third kappa shape index (κ3) is 3.61. The zero-order valence-corrected chi connectivity index (χ0v) is 15.7. The number of nitrogens with zero attached hydrogens (tertiary/aromatic N) is 1. The Labute approximate surface area is 150 Å². The van der Waals surface area contributed by atoms with E-state index in [1.54, 1.807) is 42.5 Å². The molecule has 0 aliphatic carbocycles. The predicted octanol–water partition coefficient (Wildman–Crippen LogP) is 5.20. The Kier molecular flexibility index (Phi) is 5.45. The van der Waals surface area contributed by atoms with Crippen LogP contribution < -0.4 is 0 Å². The van der Waals surface area contributed by atoms with E-state index < -0.39 is 9.84 Å². The number of rotatable bonds is 3. The van der Waals surface area contributed by atoms with Crippen molar-refractivity contribution in [2.24, 2.45) is 0 Å². The third-order valence-electron chi connectivity index (χ3n) is 2.77. The standard InChI is InChI=1S/C15H8Br2ClNO2S/c16-11-5-6-13(17)15(8-11)22(20,21)12(9-19)7-10-3-1-2-4-14(10)18/h1-8H. The molecule has 0 aromatic heterocycles. The molecular weight excluding hydrogens is 453 g/mol. The lowest BCUT2D eigenvalue weighted by atomic mass is 10.2. The van der Waals surface area contributed by atoms with Gasteiger partial charge in [0.1, 0.15) is 11.0 Å². The van der Waals surface area contributed by atoms with Crippen LogP contribution in [0.3, 0.4) is 0 Å². The van der Waals surface area contributed by atoms with Crippen LogP contribution >= 0.6 is 43.5 Å². The number of hydrogen-bond donors (Lipinski definition) is 0. The molecule has 0 saturated heterocycles. The summed E-state index contributed by atoms with van der Waals surface area (Å²) in [6.45, 7) is 0. The zero-order chi connectivity index (χ0) is 16.3. The molecule has 2 rings (SSSR count). The van der Waals surface area contributed by atoms with Crippen molar-refractivity contribution in [2.75, 3.05) is 0 Å². The van der Waals surface area contributed by atoms with Crippen molar-refractivity contribution in [1.82, 2.24) is 0 Å². The van der Waals surface area contributed by atoms with Gasteiger partial charge in [0.2, 0.25) is 9.84 Å². The molecule has 7 heteroatoms. The molecule has 0 atom stereocenters. The van der Waals surface area contributed by atoms with Crippen LogP contribution in [0.25, 0.3) is 6.08 Å². The summed E-state index contributed by atoms with van der Waals surface area (Å²) in [6.07, 6.45) is 1.27. The maximum Gasteiger partial charge on any atom is 0.217 e. The lowest BCUT2D eigenvalue weighted by Crippen LogP contribution is -2.04. The summed E-state index contributed by atoms with van der Waals surface area (Å²) < 4.78 is 26.3. The maximum absolute atomic E-state index is 12.7. The van der Waals surface area contributed by atoms with Crippen molar-refractivity contribution in [1.29, 1.82) is 5.26 Å². The molecule has 2 aromatic rings. The monoisotopic (exact) mass is 459 g/mol. The number of hydrogen-bond acceptors (Lipinski definition) is 3.